The summed E-state index contributed by atoms with van der Waals surface area (Å²) < 4.78 is 4.83. The molecular formula is C12H12O2. The molecule has 0 unspecified atom stereocenters. The van der Waals surface area contributed by atoms with Crippen molar-refractivity contribution in [3.63, 3.8) is 0 Å². The van der Waals surface area contributed by atoms with E-state index in [4.69, 9.17) is 4.74 Å². The van der Waals surface area contributed by atoms with Crippen LogP contribution in [0.4, 0.5) is 0 Å². The first-order valence-electron chi connectivity index (χ1n) is 4.66. The van der Waals surface area contributed by atoms with Crippen molar-refractivity contribution in [2.24, 2.45) is 0 Å². The standard InChI is InChI=1S/C12H12O2/c1-9-2-4-10(5-3-9)6-11-7-12(13)14-8-11/h2-5,7H,6,8H2,1H3. The molecule has 0 saturated carbocycles. The van der Waals surface area contributed by atoms with Gasteiger partial charge in [-0.15, -0.1) is 0 Å². The Kier molecular flexibility index (Phi) is 2.35. The molecule has 1 aromatic carbocycles. The zero-order chi connectivity index (χ0) is 9.97. The first-order valence-corrected chi connectivity index (χ1v) is 4.66. The average molecular weight is 188 g/mol. The number of hydrogen-bond acceptors (Lipinski definition) is 2. The number of benzene rings is 1. The van der Waals surface area contributed by atoms with Crippen LogP contribution in [-0.2, 0) is 16.0 Å². The highest BCUT2D eigenvalue weighted by atomic mass is 16.5. The first kappa shape index (κ1) is 9.00. The van der Waals surface area contributed by atoms with Gasteiger partial charge in [0.15, 0.2) is 0 Å². The lowest BCUT2D eigenvalue weighted by molar-refractivity contribution is -0.134. The van der Waals surface area contributed by atoms with Crippen LogP contribution in [0, 0.1) is 6.92 Å². The molecule has 1 aromatic rings. The molecule has 0 aromatic heterocycles. The third kappa shape index (κ3) is 2.02. The number of rotatable bonds is 2. The Labute approximate surface area is 83.2 Å². The molecule has 0 bridgehead atoms. The predicted molar refractivity (Wildman–Crippen MR) is 53.9 cm³/mol. The number of esters is 1. The van der Waals surface area contributed by atoms with Gasteiger partial charge in [-0.25, -0.2) is 4.79 Å². The van der Waals surface area contributed by atoms with Crippen molar-refractivity contribution in [2.45, 2.75) is 13.3 Å². The summed E-state index contributed by atoms with van der Waals surface area (Å²) in [5.74, 6) is -0.216. The molecule has 2 heteroatoms. The topological polar surface area (TPSA) is 26.3 Å². The second-order valence-corrected chi connectivity index (χ2v) is 3.57. The van der Waals surface area contributed by atoms with E-state index in [9.17, 15) is 4.79 Å². The van der Waals surface area contributed by atoms with Gasteiger partial charge in [-0.2, -0.15) is 0 Å². The van der Waals surface area contributed by atoms with E-state index >= 15 is 0 Å². The molecule has 0 radical (unpaired) electrons. The van der Waals surface area contributed by atoms with Gasteiger partial charge in [-0.1, -0.05) is 29.8 Å². The van der Waals surface area contributed by atoms with Gasteiger partial charge in [0.2, 0.25) is 0 Å². The Hall–Kier alpha value is -1.57. The average Bonchev–Trinajstić information content (AvgIpc) is 2.56. The Morgan fingerprint density at radius 1 is 1.29 bits per heavy atom. The largest absolute Gasteiger partial charge is 0.458 e. The second-order valence-electron chi connectivity index (χ2n) is 3.57. The molecule has 0 saturated heterocycles. The molecule has 1 aliphatic rings. The second kappa shape index (κ2) is 3.66. The van der Waals surface area contributed by atoms with Crippen LogP contribution in [0.25, 0.3) is 0 Å². The summed E-state index contributed by atoms with van der Waals surface area (Å²) in [4.78, 5) is 10.8. The van der Waals surface area contributed by atoms with Crippen molar-refractivity contribution in [3.05, 3.63) is 47.0 Å². The Balaban J connectivity index is 2.08. The molecule has 0 spiro atoms. The van der Waals surface area contributed by atoms with Crippen LogP contribution in [0.3, 0.4) is 0 Å². The van der Waals surface area contributed by atoms with Crippen LogP contribution in [0.1, 0.15) is 11.1 Å². The maximum absolute atomic E-state index is 10.8. The third-order valence-electron chi connectivity index (χ3n) is 2.27. The lowest BCUT2D eigenvalue weighted by atomic mass is 10.0. The minimum absolute atomic E-state index is 0.216. The van der Waals surface area contributed by atoms with E-state index in [2.05, 4.69) is 31.2 Å². The maximum atomic E-state index is 10.8. The molecule has 0 amide bonds. The number of carbonyl (C=O) groups excluding carboxylic acids is 1. The highest BCUT2D eigenvalue weighted by Gasteiger charge is 2.12. The van der Waals surface area contributed by atoms with Crippen molar-refractivity contribution in [3.8, 4) is 0 Å². The van der Waals surface area contributed by atoms with E-state index < -0.39 is 0 Å². The van der Waals surface area contributed by atoms with Gasteiger partial charge in [0.1, 0.15) is 6.61 Å². The fourth-order valence-corrected chi connectivity index (χ4v) is 1.48. The Morgan fingerprint density at radius 3 is 2.57 bits per heavy atom. The van der Waals surface area contributed by atoms with Gasteiger partial charge in [0, 0.05) is 6.08 Å². The highest BCUT2D eigenvalue weighted by molar-refractivity contribution is 5.85. The normalized spacial score (nSPS) is 15.2. The van der Waals surface area contributed by atoms with E-state index in [0.717, 1.165) is 12.0 Å². The fraction of sp³-hybridized carbons (Fsp3) is 0.250. The minimum Gasteiger partial charge on any atom is -0.458 e. The minimum atomic E-state index is -0.216. The van der Waals surface area contributed by atoms with Crippen molar-refractivity contribution in [1.29, 1.82) is 0 Å². The zero-order valence-corrected chi connectivity index (χ0v) is 8.12. The van der Waals surface area contributed by atoms with E-state index in [-0.39, 0.29) is 5.97 Å². The van der Waals surface area contributed by atoms with Gasteiger partial charge < -0.3 is 4.74 Å². The summed E-state index contributed by atoms with van der Waals surface area (Å²) in [7, 11) is 0. The number of ether oxygens (including phenoxy) is 1. The van der Waals surface area contributed by atoms with Gasteiger partial charge in [0.25, 0.3) is 0 Å². The monoisotopic (exact) mass is 188 g/mol. The molecule has 2 rings (SSSR count). The van der Waals surface area contributed by atoms with Crippen molar-refractivity contribution in [2.75, 3.05) is 6.61 Å². The number of aryl methyl sites for hydroxylation is 1. The lowest BCUT2D eigenvalue weighted by Crippen LogP contribution is -1.94. The number of cyclic esters (lactones) is 1. The molecule has 0 atom stereocenters. The van der Waals surface area contributed by atoms with Crippen molar-refractivity contribution in [1.82, 2.24) is 0 Å². The number of hydrogen-bond donors (Lipinski definition) is 0. The molecule has 0 N–H and O–H groups in total. The first-order chi connectivity index (χ1) is 6.74. The Morgan fingerprint density at radius 2 is 2.00 bits per heavy atom. The van der Waals surface area contributed by atoms with Gasteiger partial charge >= 0.3 is 5.97 Å². The molecule has 1 aliphatic heterocycles. The summed E-state index contributed by atoms with van der Waals surface area (Å²) in [6, 6.07) is 8.32. The predicted octanol–water partition coefficient (Wildman–Crippen LogP) is 2.02. The van der Waals surface area contributed by atoms with Gasteiger partial charge in [-0.3, -0.25) is 0 Å². The van der Waals surface area contributed by atoms with E-state index in [1.165, 1.54) is 11.1 Å². The van der Waals surface area contributed by atoms with Gasteiger partial charge in [-0.05, 0) is 24.5 Å². The fourth-order valence-electron chi connectivity index (χ4n) is 1.48. The SMILES string of the molecule is Cc1ccc(CC2=CC(=O)OC2)cc1. The molecule has 72 valence electrons. The summed E-state index contributed by atoms with van der Waals surface area (Å²) >= 11 is 0. The maximum Gasteiger partial charge on any atom is 0.331 e. The van der Waals surface area contributed by atoms with Crippen LogP contribution < -0.4 is 0 Å². The van der Waals surface area contributed by atoms with Crippen LogP contribution in [0.5, 0.6) is 0 Å². The lowest BCUT2D eigenvalue weighted by Gasteiger charge is -2.01. The third-order valence-corrected chi connectivity index (χ3v) is 2.27. The zero-order valence-electron chi connectivity index (χ0n) is 8.12. The van der Waals surface area contributed by atoms with Crippen LogP contribution in [0.15, 0.2) is 35.9 Å². The van der Waals surface area contributed by atoms with Crippen LogP contribution >= 0.6 is 0 Å². The van der Waals surface area contributed by atoms with E-state index in [1.807, 2.05) is 0 Å². The molecular weight excluding hydrogens is 176 g/mol. The molecule has 14 heavy (non-hydrogen) atoms. The van der Waals surface area contributed by atoms with Crippen molar-refractivity contribution < 1.29 is 9.53 Å². The molecule has 1 heterocycles. The quantitative estimate of drug-likeness (QED) is 0.664. The molecule has 2 nitrogen and oxygen atoms in total. The van der Waals surface area contributed by atoms with E-state index in [1.54, 1.807) is 6.08 Å². The van der Waals surface area contributed by atoms with Crippen LogP contribution in [-0.4, -0.2) is 12.6 Å². The summed E-state index contributed by atoms with van der Waals surface area (Å²) in [6.07, 6.45) is 2.39. The highest BCUT2D eigenvalue weighted by Crippen LogP contribution is 2.13. The van der Waals surface area contributed by atoms with Gasteiger partial charge in [0.05, 0.1) is 0 Å². The summed E-state index contributed by atoms with van der Waals surface area (Å²) in [6.45, 7) is 2.51. The summed E-state index contributed by atoms with van der Waals surface area (Å²) in [5, 5.41) is 0. The number of carbonyl (C=O) groups is 1. The van der Waals surface area contributed by atoms with Crippen LogP contribution in [0.2, 0.25) is 0 Å². The van der Waals surface area contributed by atoms with E-state index in [0.29, 0.717) is 6.61 Å². The molecule has 0 fully saturated rings. The molecule has 0 aliphatic carbocycles. The smallest absolute Gasteiger partial charge is 0.331 e. The Bertz CT molecular complexity index is 374. The van der Waals surface area contributed by atoms with Crippen molar-refractivity contribution >= 4 is 5.97 Å². The summed E-state index contributed by atoms with van der Waals surface area (Å²) in [5.41, 5.74) is 3.53.